The van der Waals surface area contributed by atoms with Crippen molar-refractivity contribution in [3.05, 3.63) is 36.4 Å². The highest BCUT2D eigenvalue weighted by molar-refractivity contribution is 6.04. The molecule has 2 atom stereocenters. The van der Waals surface area contributed by atoms with Crippen molar-refractivity contribution in [3.8, 4) is 5.75 Å². The molecule has 0 unspecified atom stereocenters. The van der Waals surface area contributed by atoms with Crippen molar-refractivity contribution in [1.82, 2.24) is 15.0 Å². The van der Waals surface area contributed by atoms with Crippen LogP contribution in [0.4, 0.5) is 19.0 Å². The second kappa shape index (κ2) is 10.00. The van der Waals surface area contributed by atoms with Crippen LogP contribution < -0.4 is 10.1 Å². The first-order valence-electron chi connectivity index (χ1n) is 11.1. The molecule has 1 aliphatic heterocycles. The minimum atomic E-state index is -4.24. The molecule has 2 amide bonds. The number of aliphatic hydroxyl groups is 1. The maximum Gasteiger partial charge on any atom is 0.391 e. The predicted octanol–water partition coefficient (Wildman–Crippen LogP) is 3.03. The highest BCUT2D eigenvalue weighted by Crippen LogP contribution is 2.40. The molecule has 0 aromatic carbocycles. The van der Waals surface area contributed by atoms with Gasteiger partial charge in [-0.15, -0.1) is 0 Å². The molecule has 0 spiro atoms. The van der Waals surface area contributed by atoms with Crippen LogP contribution in [0.2, 0.25) is 0 Å². The first-order chi connectivity index (χ1) is 16.2. The van der Waals surface area contributed by atoms with Crippen LogP contribution in [0.15, 0.2) is 35.2 Å². The van der Waals surface area contributed by atoms with Crippen LogP contribution in [0.25, 0.3) is 0 Å². The zero-order chi connectivity index (χ0) is 24.3. The normalized spacial score (nSPS) is 25.2. The number of hydrogen-bond donors (Lipinski definition) is 2. The van der Waals surface area contributed by atoms with Gasteiger partial charge in [0, 0.05) is 24.7 Å². The summed E-state index contributed by atoms with van der Waals surface area (Å²) < 4.78 is 49.4. The van der Waals surface area contributed by atoms with E-state index in [1.165, 1.54) is 23.4 Å². The Hall–Kier alpha value is -3.15. The summed E-state index contributed by atoms with van der Waals surface area (Å²) in [7, 11) is 0. The SMILES string of the molecule is O=C(Nc1ccon1)c1ncccc1OC[C@H]1C[C@@H](O)CN1C(=O)C1CCC(C(F)(F)F)CC1. The second-order valence-electron chi connectivity index (χ2n) is 8.62. The summed E-state index contributed by atoms with van der Waals surface area (Å²) in [6.45, 7) is 0.0925. The van der Waals surface area contributed by atoms with Gasteiger partial charge >= 0.3 is 6.18 Å². The zero-order valence-corrected chi connectivity index (χ0v) is 18.2. The average molecular weight is 482 g/mol. The Labute approximate surface area is 193 Å². The smallest absolute Gasteiger partial charge is 0.391 e. The molecule has 3 heterocycles. The van der Waals surface area contributed by atoms with E-state index in [0.717, 1.165) is 0 Å². The molecule has 0 bridgehead atoms. The van der Waals surface area contributed by atoms with Gasteiger partial charge in [-0.05, 0) is 44.2 Å². The minimum Gasteiger partial charge on any atom is -0.489 e. The minimum absolute atomic E-state index is 0.00334. The van der Waals surface area contributed by atoms with Crippen LogP contribution in [0, 0.1) is 11.8 Å². The molecule has 4 rings (SSSR count). The Bertz CT molecular complexity index is 993. The van der Waals surface area contributed by atoms with Gasteiger partial charge in [0.2, 0.25) is 5.91 Å². The Balaban J connectivity index is 1.38. The van der Waals surface area contributed by atoms with Crippen LogP contribution in [0.5, 0.6) is 5.75 Å². The fraction of sp³-hybridized carbons (Fsp3) is 0.545. The molecule has 12 heteroatoms. The number of carbonyl (C=O) groups is 2. The number of nitrogens with zero attached hydrogens (tertiary/aromatic N) is 3. The number of halogens is 3. The Kier molecular flexibility index (Phi) is 7.05. The third-order valence-corrected chi connectivity index (χ3v) is 6.31. The number of β-amino-alcohol motifs (C(OH)–C–C–N with tert-alkyl or cyclic N) is 1. The Morgan fingerprint density at radius 1 is 1.24 bits per heavy atom. The van der Waals surface area contributed by atoms with Crippen molar-refractivity contribution in [3.63, 3.8) is 0 Å². The highest BCUT2D eigenvalue weighted by Gasteiger charge is 2.44. The molecule has 34 heavy (non-hydrogen) atoms. The van der Waals surface area contributed by atoms with E-state index in [4.69, 9.17) is 4.74 Å². The Morgan fingerprint density at radius 3 is 2.68 bits per heavy atom. The van der Waals surface area contributed by atoms with Crippen LogP contribution >= 0.6 is 0 Å². The van der Waals surface area contributed by atoms with Crippen LogP contribution in [0.3, 0.4) is 0 Å². The third kappa shape index (κ3) is 5.49. The molecule has 1 saturated heterocycles. The van der Waals surface area contributed by atoms with Gasteiger partial charge < -0.3 is 24.6 Å². The lowest BCUT2D eigenvalue weighted by Crippen LogP contribution is -2.44. The number of hydrogen-bond acceptors (Lipinski definition) is 7. The van der Waals surface area contributed by atoms with E-state index in [-0.39, 0.29) is 68.4 Å². The second-order valence-corrected chi connectivity index (χ2v) is 8.62. The van der Waals surface area contributed by atoms with E-state index in [9.17, 15) is 27.9 Å². The highest BCUT2D eigenvalue weighted by atomic mass is 19.4. The monoisotopic (exact) mass is 482 g/mol. The van der Waals surface area contributed by atoms with Gasteiger partial charge in [-0.2, -0.15) is 13.2 Å². The topological polar surface area (TPSA) is 118 Å². The summed E-state index contributed by atoms with van der Waals surface area (Å²) in [5, 5.41) is 16.3. The lowest BCUT2D eigenvalue weighted by atomic mass is 9.81. The molecular weight excluding hydrogens is 457 g/mol. The number of aromatic nitrogens is 2. The number of ether oxygens (including phenoxy) is 1. The van der Waals surface area contributed by atoms with E-state index in [2.05, 4.69) is 20.0 Å². The zero-order valence-electron chi connectivity index (χ0n) is 18.2. The molecule has 2 fully saturated rings. The van der Waals surface area contributed by atoms with Gasteiger partial charge in [-0.25, -0.2) is 4.98 Å². The van der Waals surface area contributed by atoms with Crippen molar-refractivity contribution < 1.29 is 37.1 Å². The fourth-order valence-corrected chi connectivity index (χ4v) is 4.54. The average Bonchev–Trinajstić information content (AvgIpc) is 3.46. The standard InChI is InChI=1S/C22H25F3N4O5/c23-22(24,25)14-5-3-13(4-6-14)21(32)29-11-16(30)10-15(29)12-33-17-2-1-8-26-19(17)20(31)27-18-7-9-34-28-18/h1-2,7-9,13-16,30H,3-6,10-12H2,(H,27,28,31)/t13?,14?,15-,16-/m1/s1. The molecule has 2 aromatic rings. The third-order valence-electron chi connectivity index (χ3n) is 6.31. The van der Waals surface area contributed by atoms with E-state index >= 15 is 0 Å². The number of pyridine rings is 1. The van der Waals surface area contributed by atoms with Crippen LogP contribution in [-0.2, 0) is 4.79 Å². The summed E-state index contributed by atoms with van der Waals surface area (Å²) in [6, 6.07) is 4.14. The largest absolute Gasteiger partial charge is 0.489 e. The number of anilines is 1. The van der Waals surface area contributed by atoms with Crippen molar-refractivity contribution in [2.75, 3.05) is 18.5 Å². The maximum atomic E-state index is 13.1. The summed E-state index contributed by atoms with van der Waals surface area (Å²) >= 11 is 0. The van der Waals surface area contributed by atoms with E-state index in [1.54, 1.807) is 12.1 Å². The van der Waals surface area contributed by atoms with Crippen molar-refractivity contribution in [2.45, 2.75) is 50.4 Å². The summed E-state index contributed by atoms with van der Waals surface area (Å²) in [4.78, 5) is 31.2. The quantitative estimate of drug-likeness (QED) is 0.650. The lowest BCUT2D eigenvalue weighted by Gasteiger charge is -2.33. The van der Waals surface area contributed by atoms with Gasteiger partial charge in [0.05, 0.1) is 18.1 Å². The van der Waals surface area contributed by atoms with E-state index in [0.29, 0.717) is 0 Å². The molecular formula is C22H25F3N4O5. The first kappa shape index (κ1) is 24.0. The van der Waals surface area contributed by atoms with E-state index in [1.807, 2.05) is 0 Å². The molecule has 2 aromatic heterocycles. The lowest BCUT2D eigenvalue weighted by molar-refractivity contribution is -0.185. The first-order valence-corrected chi connectivity index (χ1v) is 11.1. The van der Waals surface area contributed by atoms with Gasteiger partial charge in [0.15, 0.2) is 17.3 Å². The van der Waals surface area contributed by atoms with Crippen LogP contribution in [-0.4, -0.2) is 63.4 Å². The Morgan fingerprint density at radius 2 is 2.00 bits per heavy atom. The van der Waals surface area contributed by atoms with Gasteiger partial charge in [-0.1, -0.05) is 5.16 Å². The number of alkyl halides is 3. The van der Waals surface area contributed by atoms with Gasteiger partial charge in [-0.3, -0.25) is 9.59 Å². The van der Waals surface area contributed by atoms with Gasteiger partial charge in [0.25, 0.3) is 5.91 Å². The number of aliphatic hydroxyl groups excluding tert-OH is 1. The summed E-state index contributed by atoms with van der Waals surface area (Å²) in [5.74, 6) is -2.31. The number of carbonyl (C=O) groups excluding carboxylic acids is 2. The predicted molar refractivity (Wildman–Crippen MR) is 112 cm³/mol. The fourth-order valence-electron chi connectivity index (χ4n) is 4.54. The van der Waals surface area contributed by atoms with Crippen LogP contribution in [0.1, 0.15) is 42.6 Å². The molecule has 2 N–H and O–H groups in total. The van der Waals surface area contributed by atoms with Gasteiger partial charge in [0.1, 0.15) is 12.9 Å². The molecule has 0 radical (unpaired) electrons. The molecule has 1 aliphatic carbocycles. The number of nitrogens with one attached hydrogen (secondary N) is 1. The summed E-state index contributed by atoms with van der Waals surface area (Å²) in [6.07, 6.45) is -1.81. The molecule has 9 nitrogen and oxygen atoms in total. The van der Waals surface area contributed by atoms with Crippen molar-refractivity contribution in [2.24, 2.45) is 11.8 Å². The molecule has 184 valence electrons. The van der Waals surface area contributed by atoms with Crippen molar-refractivity contribution in [1.29, 1.82) is 0 Å². The molecule has 1 saturated carbocycles. The van der Waals surface area contributed by atoms with E-state index < -0.39 is 36.1 Å². The number of amides is 2. The number of likely N-dealkylation sites (tertiary alicyclic amines) is 1. The number of rotatable bonds is 6. The summed E-state index contributed by atoms with van der Waals surface area (Å²) in [5.41, 5.74) is 0.00685. The van der Waals surface area contributed by atoms with Crippen molar-refractivity contribution >= 4 is 17.6 Å². The maximum absolute atomic E-state index is 13.1. The molecule has 2 aliphatic rings.